The van der Waals surface area contributed by atoms with Crippen molar-refractivity contribution in [2.75, 3.05) is 0 Å². The van der Waals surface area contributed by atoms with E-state index >= 15 is 0 Å². The topological polar surface area (TPSA) is 51.6 Å². The van der Waals surface area contributed by atoms with Crippen LogP contribution in [0, 0.1) is 0 Å². The summed E-state index contributed by atoms with van der Waals surface area (Å²) in [5.41, 5.74) is 11.3. The van der Waals surface area contributed by atoms with Crippen LogP contribution >= 0.6 is 0 Å². The Kier molecular flexibility index (Phi) is 6.10. The number of para-hydroxylation sites is 2. The molecule has 3 aromatic heterocycles. The highest BCUT2D eigenvalue weighted by Crippen LogP contribution is 2.36. The summed E-state index contributed by atoms with van der Waals surface area (Å²) >= 11 is 0. The molecule has 0 N–H and O–H groups in total. The predicted molar refractivity (Wildman–Crippen MR) is 189 cm³/mol. The number of benzene rings is 6. The van der Waals surface area contributed by atoms with Gasteiger partial charge in [0.1, 0.15) is 0 Å². The molecule has 0 atom stereocenters. The van der Waals surface area contributed by atoms with E-state index in [1.165, 1.54) is 0 Å². The molecule has 0 amide bonds. The van der Waals surface area contributed by atoms with E-state index in [1.807, 2.05) is 60.7 Å². The van der Waals surface area contributed by atoms with E-state index in [-0.39, 0.29) is 0 Å². The summed E-state index contributed by atoms with van der Waals surface area (Å²) < 4.78 is 0. The van der Waals surface area contributed by atoms with E-state index in [0.29, 0.717) is 0 Å². The van der Waals surface area contributed by atoms with Crippen LogP contribution in [0.5, 0.6) is 0 Å². The van der Waals surface area contributed by atoms with Crippen LogP contribution < -0.4 is 0 Å². The zero-order valence-electron chi connectivity index (χ0n) is 24.8. The van der Waals surface area contributed by atoms with E-state index < -0.39 is 0 Å². The fourth-order valence-corrected chi connectivity index (χ4v) is 6.33. The molecule has 9 rings (SSSR count). The molecule has 0 aliphatic heterocycles. The van der Waals surface area contributed by atoms with Gasteiger partial charge in [0, 0.05) is 33.0 Å². The summed E-state index contributed by atoms with van der Waals surface area (Å²) in [6.45, 7) is 0. The lowest BCUT2D eigenvalue weighted by molar-refractivity contribution is 1.29. The highest BCUT2D eigenvalue weighted by molar-refractivity contribution is 6.06. The van der Waals surface area contributed by atoms with Crippen molar-refractivity contribution >= 4 is 43.6 Å². The Hall–Kier alpha value is -6.26. The Morgan fingerprint density at radius 1 is 0.326 bits per heavy atom. The van der Waals surface area contributed by atoms with Crippen molar-refractivity contribution in [3.63, 3.8) is 0 Å². The van der Waals surface area contributed by atoms with Crippen LogP contribution in [0.3, 0.4) is 0 Å². The molecule has 4 nitrogen and oxygen atoms in total. The number of nitrogens with zero attached hydrogens (tertiary/aromatic N) is 4. The predicted octanol–water partition coefficient (Wildman–Crippen LogP) is 10.5. The van der Waals surface area contributed by atoms with Crippen LogP contribution in [-0.2, 0) is 0 Å². The molecule has 214 valence electrons. The second-order valence-corrected chi connectivity index (χ2v) is 11.5. The van der Waals surface area contributed by atoms with Gasteiger partial charge in [-0.15, -0.1) is 0 Å². The summed E-state index contributed by atoms with van der Waals surface area (Å²) in [5, 5.41) is 4.38. The Morgan fingerprint density at radius 2 is 0.870 bits per heavy atom. The van der Waals surface area contributed by atoms with Crippen LogP contribution in [0.25, 0.3) is 88.6 Å². The van der Waals surface area contributed by atoms with Crippen molar-refractivity contribution in [3.8, 4) is 45.0 Å². The number of pyridine rings is 2. The maximum absolute atomic E-state index is 5.28. The van der Waals surface area contributed by atoms with Gasteiger partial charge in [0.2, 0.25) is 0 Å². The molecule has 0 radical (unpaired) electrons. The first-order valence-corrected chi connectivity index (χ1v) is 15.4. The Labute approximate surface area is 265 Å². The van der Waals surface area contributed by atoms with Crippen molar-refractivity contribution in [1.82, 2.24) is 19.9 Å². The first-order chi connectivity index (χ1) is 22.8. The second-order valence-electron chi connectivity index (χ2n) is 11.5. The third kappa shape index (κ3) is 4.47. The van der Waals surface area contributed by atoms with Gasteiger partial charge in [0.25, 0.3) is 0 Å². The maximum Gasteiger partial charge on any atom is 0.0973 e. The number of aromatic nitrogens is 4. The molecule has 0 unspecified atom stereocenters. The van der Waals surface area contributed by atoms with E-state index in [0.717, 1.165) is 88.6 Å². The van der Waals surface area contributed by atoms with Crippen molar-refractivity contribution < 1.29 is 0 Å². The molecule has 6 aromatic carbocycles. The van der Waals surface area contributed by atoms with Gasteiger partial charge in [-0.25, -0.2) is 19.9 Å². The minimum atomic E-state index is 0.858. The van der Waals surface area contributed by atoms with E-state index in [4.69, 9.17) is 19.9 Å². The molecule has 0 aliphatic rings. The summed E-state index contributed by atoms with van der Waals surface area (Å²) in [4.78, 5) is 20.6. The largest absolute Gasteiger partial charge is 0.245 e. The van der Waals surface area contributed by atoms with E-state index in [1.54, 1.807) is 0 Å². The lowest BCUT2D eigenvalue weighted by Gasteiger charge is -2.13. The van der Waals surface area contributed by atoms with Crippen molar-refractivity contribution in [2.24, 2.45) is 0 Å². The normalized spacial score (nSPS) is 11.5. The van der Waals surface area contributed by atoms with Crippen LogP contribution in [0.15, 0.2) is 158 Å². The Bertz CT molecular complexity index is 2580. The smallest absolute Gasteiger partial charge is 0.0973 e. The number of rotatable bonds is 4. The van der Waals surface area contributed by atoms with E-state index in [9.17, 15) is 0 Å². The van der Waals surface area contributed by atoms with Gasteiger partial charge in [-0.3, -0.25) is 0 Å². The van der Waals surface area contributed by atoms with Gasteiger partial charge >= 0.3 is 0 Å². The molecule has 46 heavy (non-hydrogen) atoms. The van der Waals surface area contributed by atoms with Gasteiger partial charge in [-0.2, -0.15) is 0 Å². The number of hydrogen-bond acceptors (Lipinski definition) is 4. The SMILES string of the molecule is c1ccc(-c2ccc3ccc4ccc(-c5cccc6ccc(-c7nc8ccccc8nc7-c7ccccc7)cc56)nc4c3n2)cc1. The first-order valence-electron chi connectivity index (χ1n) is 15.4. The first kappa shape index (κ1) is 26.2. The summed E-state index contributed by atoms with van der Waals surface area (Å²) in [5.74, 6) is 0. The van der Waals surface area contributed by atoms with Gasteiger partial charge < -0.3 is 0 Å². The zero-order valence-corrected chi connectivity index (χ0v) is 24.8. The van der Waals surface area contributed by atoms with Gasteiger partial charge in [0.15, 0.2) is 0 Å². The highest BCUT2D eigenvalue weighted by atomic mass is 14.8. The summed E-state index contributed by atoms with van der Waals surface area (Å²) in [6.07, 6.45) is 0. The minimum absolute atomic E-state index is 0.858. The standard InChI is InChI=1S/C42H26N4/c1-3-10-28(11-4-1)35-24-22-30-19-20-31-23-25-36(44-41(31)40(30)43-35)33-15-9-14-27-18-21-32(26-34(27)33)42-39(29-12-5-2-6-13-29)45-37-16-7-8-17-38(37)46-42/h1-26H. The van der Waals surface area contributed by atoms with Crippen LogP contribution in [0.1, 0.15) is 0 Å². The second kappa shape index (κ2) is 10.7. The molecule has 0 aliphatic carbocycles. The van der Waals surface area contributed by atoms with Crippen LogP contribution in [0.2, 0.25) is 0 Å². The fourth-order valence-electron chi connectivity index (χ4n) is 6.33. The van der Waals surface area contributed by atoms with Crippen LogP contribution in [0.4, 0.5) is 0 Å². The van der Waals surface area contributed by atoms with Gasteiger partial charge in [-0.05, 0) is 41.1 Å². The molecular weight excluding hydrogens is 560 g/mol. The van der Waals surface area contributed by atoms with Gasteiger partial charge in [-0.1, -0.05) is 127 Å². The van der Waals surface area contributed by atoms with Crippen molar-refractivity contribution in [1.29, 1.82) is 0 Å². The van der Waals surface area contributed by atoms with Crippen LogP contribution in [-0.4, -0.2) is 19.9 Å². The quantitative estimate of drug-likeness (QED) is 0.193. The van der Waals surface area contributed by atoms with Gasteiger partial charge in [0.05, 0.1) is 44.8 Å². The van der Waals surface area contributed by atoms with Crippen molar-refractivity contribution in [3.05, 3.63) is 158 Å². The monoisotopic (exact) mass is 586 g/mol. The molecule has 0 spiro atoms. The summed E-state index contributed by atoms with van der Waals surface area (Å²) in [6, 6.07) is 54.3. The third-order valence-corrected chi connectivity index (χ3v) is 8.64. The Balaban J connectivity index is 1.24. The number of fused-ring (bicyclic) bond motifs is 5. The average Bonchev–Trinajstić information content (AvgIpc) is 3.14. The molecule has 0 bridgehead atoms. The summed E-state index contributed by atoms with van der Waals surface area (Å²) in [7, 11) is 0. The van der Waals surface area contributed by atoms with E-state index in [2.05, 4.69) is 97.1 Å². The fraction of sp³-hybridized carbons (Fsp3) is 0. The molecule has 3 heterocycles. The highest BCUT2D eigenvalue weighted by Gasteiger charge is 2.16. The third-order valence-electron chi connectivity index (χ3n) is 8.64. The zero-order chi connectivity index (χ0) is 30.5. The maximum atomic E-state index is 5.28. The lowest BCUT2D eigenvalue weighted by Crippen LogP contribution is -1.96. The molecule has 4 heteroatoms. The number of hydrogen-bond donors (Lipinski definition) is 0. The molecule has 0 saturated heterocycles. The lowest BCUT2D eigenvalue weighted by atomic mass is 9.96. The molecule has 0 fully saturated rings. The molecule has 0 saturated carbocycles. The minimum Gasteiger partial charge on any atom is -0.245 e. The Morgan fingerprint density at radius 3 is 1.57 bits per heavy atom. The molecule has 9 aromatic rings. The van der Waals surface area contributed by atoms with Crippen molar-refractivity contribution in [2.45, 2.75) is 0 Å². The molecular formula is C42H26N4. The average molecular weight is 587 g/mol.